The molecule has 1 N–H and O–H groups in total. The summed E-state index contributed by atoms with van der Waals surface area (Å²) in [7, 11) is 0. The Balaban J connectivity index is 1.88. The zero-order chi connectivity index (χ0) is 12.3. The van der Waals surface area contributed by atoms with Crippen LogP contribution in [0, 0.1) is 0 Å². The first kappa shape index (κ1) is 14.8. The van der Waals surface area contributed by atoms with E-state index in [0.29, 0.717) is 6.04 Å². The van der Waals surface area contributed by atoms with E-state index in [2.05, 4.69) is 25.2 Å². The van der Waals surface area contributed by atoms with Gasteiger partial charge in [-0.1, -0.05) is 50.7 Å². The summed E-state index contributed by atoms with van der Waals surface area (Å²) in [4.78, 5) is 0. The summed E-state index contributed by atoms with van der Waals surface area (Å²) in [5.74, 6) is 0. The van der Waals surface area contributed by atoms with Gasteiger partial charge in [-0.2, -0.15) is 0 Å². The Morgan fingerprint density at radius 2 is 2.06 bits per heavy atom. The highest BCUT2D eigenvalue weighted by Gasteiger charge is 2.05. The summed E-state index contributed by atoms with van der Waals surface area (Å²) in [5.41, 5.74) is 1.69. The molecule has 1 aliphatic rings. The van der Waals surface area contributed by atoms with E-state index >= 15 is 0 Å². The fourth-order valence-corrected chi connectivity index (χ4v) is 2.60. The van der Waals surface area contributed by atoms with Crippen LogP contribution in [0.5, 0.6) is 0 Å². The van der Waals surface area contributed by atoms with Crippen LogP contribution in [0.15, 0.2) is 11.6 Å². The summed E-state index contributed by atoms with van der Waals surface area (Å²) in [6.07, 6.45) is 16.1. The Morgan fingerprint density at radius 3 is 2.76 bits per heavy atom. The van der Waals surface area contributed by atoms with Crippen LogP contribution in [-0.4, -0.2) is 12.6 Å². The Morgan fingerprint density at radius 1 is 1.24 bits per heavy atom. The molecule has 0 bridgehead atoms. The second-order valence-corrected chi connectivity index (χ2v) is 5.56. The van der Waals surface area contributed by atoms with Gasteiger partial charge in [-0.25, -0.2) is 0 Å². The molecule has 1 unspecified atom stereocenters. The van der Waals surface area contributed by atoms with Gasteiger partial charge in [-0.3, -0.25) is 0 Å². The molecule has 0 aromatic heterocycles. The van der Waals surface area contributed by atoms with E-state index in [1.54, 1.807) is 5.57 Å². The molecule has 1 nitrogen and oxygen atoms in total. The van der Waals surface area contributed by atoms with Gasteiger partial charge in [0, 0.05) is 6.04 Å². The van der Waals surface area contributed by atoms with Crippen molar-refractivity contribution in [2.75, 3.05) is 6.54 Å². The van der Waals surface area contributed by atoms with Crippen molar-refractivity contribution in [2.45, 2.75) is 84.1 Å². The van der Waals surface area contributed by atoms with E-state index in [4.69, 9.17) is 0 Å². The topological polar surface area (TPSA) is 12.0 Å². The van der Waals surface area contributed by atoms with Crippen LogP contribution < -0.4 is 5.32 Å². The molecule has 0 radical (unpaired) electrons. The first-order chi connectivity index (χ1) is 8.33. The molecule has 1 heteroatoms. The third kappa shape index (κ3) is 7.59. The van der Waals surface area contributed by atoms with Gasteiger partial charge in [0.25, 0.3) is 0 Å². The number of hydrogen-bond donors (Lipinski definition) is 1. The molecule has 0 heterocycles. The van der Waals surface area contributed by atoms with Gasteiger partial charge in [0.1, 0.15) is 0 Å². The van der Waals surface area contributed by atoms with Crippen LogP contribution >= 0.6 is 0 Å². The van der Waals surface area contributed by atoms with E-state index in [-0.39, 0.29) is 0 Å². The first-order valence-corrected chi connectivity index (χ1v) is 7.74. The van der Waals surface area contributed by atoms with Gasteiger partial charge >= 0.3 is 0 Å². The van der Waals surface area contributed by atoms with Crippen LogP contribution in [0.2, 0.25) is 0 Å². The fourth-order valence-electron chi connectivity index (χ4n) is 2.60. The van der Waals surface area contributed by atoms with Gasteiger partial charge < -0.3 is 5.32 Å². The molecule has 0 saturated heterocycles. The van der Waals surface area contributed by atoms with Crippen LogP contribution in [0.25, 0.3) is 0 Å². The zero-order valence-corrected chi connectivity index (χ0v) is 11.9. The highest BCUT2D eigenvalue weighted by molar-refractivity contribution is 5.07. The summed E-state index contributed by atoms with van der Waals surface area (Å²) < 4.78 is 0. The highest BCUT2D eigenvalue weighted by atomic mass is 14.9. The van der Waals surface area contributed by atoms with E-state index in [9.17, 15) is 0 Å². The lowest BCUT2D eigenvalue weighted by atomic mass is 10.1. The van der Waals surface area contributed by atoms with Crippen molar-refractivity contribution in [3.05, 3.63) is 11.6 Å². The SMILES string of the molecule is CCCCCCCC(C)NCCC1=CCCC1. The molecule has 0 saturated carbocycles. The molecule has 0 aromatic carbocycles. The molecule has 100 valence electrons. The third-order valence-corrected chi connectivity index (χ3v) is 3.81. The Kier molecular flexibility index (Phi) is 8.42. The maximum absolute atomic E-state index is 3.66. The fraction of sp³-hybridized carbons (Fsp3) is 0.875. The lowest BCUT2D eigenvalue weighted by molar-refractivity contribution is 0.482. The van der Waals surface area contributed by atoms with Crippen molar-refractivity contribution in [3.8, 4) is 0 Å². The number of rotatable bonds is 10. The van der Waals surface area contributed by atoms with Gasteiger partial charge in [0.05, 0.1) is 0 Å². The van der Waals surface area contributed by atoms with Gasteiger partial charge in [0.15, 0.2) is 0 Å². The lowest BCUT2D eigenvalue weighted by Crippen LogP contribution is -2.27. The van der Waals surface area contributed by atoms with Crippen molar-refractivity contribution in [1.29, 1.82) is 0 Å². The maximum atomic E-state index is 3.66. The normalized spacial score (nSPS) is 17.2. The Bertz CT molecular complexity index is 208. The average molecular weight is 237 g/mol. The highest BCUT2D eigenvalue weighted by Crippen LogP contribution is 2.19. The molecule has 0 fully saturated rings. The quantitative estimate of drug-likeness (QED) is 0.424. The number of nitrogens with one attached hydrogen (secondary N) is 1. The van der Waals surface area contributed by atoms with Crippen molar-refractivity contribution in [3.63, 3.8) is 0 Å². The smallest absolute Gasteiger partial charge is 0.00388 e. The standard InChI is InChI=1S/C16H31N/c1-3-4-5-6-7-10-15(2)17-14-13-16-11-8-9-12-16/h11,15,17H,3-10,12-14H2,1-2H3. The molecule has 1 rings (SSSR count). The van der Waals surface area contributed by atoms with E-state index < -0.39 is 0 Å². The van der Waals surface area contributed by atoms with Crippen molar-refractivity contribution in [1.82, 2.24) is 5.32 Å². The molecule has 1 aliphatic carbocycles. The van der Waals surface area contributed by atoms with Crippen molar-refractivity contribution in [2.24, 2.45) is 0 Å². The third-order valence-electron chi connectivity index (χ3n) is 3.81. The Labute approximate surface area is 108 Å². The largest absolute Gasteiger partial charge is 0.314 e. The van der Waals surface area contributed by atoms with E-state index in [1.807, 2.05) is 0 Å². The maximum Gasteiger partial charge on any atom is 0.00388 e. The molecule has 1 atom stereocenters. The minimum absolute atomic E-state index is 0.707. The molecule has 0 spiro atoms. The second-order valence-electron chi connectivity index (χ2n) is 5.56. The average Bonchev–Trinajstić information content (AvgIpc) is 2.82. The monoisotopic (exact) mass is 237 g/mol. The predicted octanol–water partition coefficient (Wildman–Crippen LogP) is 4.83. The second kappa shape index (κ2) is 9.70. The summed E-state index contributed by atoms with van der Waals surface area (Å²) in [6, 6.07) is 0.707. The summed E-state index contributed by atoms with van der Waals surface area (Å²) >= 11 is 0. The van der Waals surface area contributed by atoms with Crippen LogP contribution in [0.1, 0.15) is 78.1 Å². The van der Waals surface area contributed by atoms with Gasteiger partial charge in [-0.05, 0) is 45.6 Å². The number of unbranched alkanes of at least 4 members (excludes halogenated alkanes) is 4. The van der Waals surface area contributed by atoms with Crippen LogP contribution in [0.4, 0.5) is 0 Å². The van der Waals surface area contributed by atoms with Crippen molar-refractivity contribution >= 4 is 0 Å². The van der Waals surface area contributed by atoms with Crippen LogP contribution in [0.3, 0.4) is 0 Å². The van der Waals surface area contributed by atoms with Gasteiger partial charge in [-0.15, -0.1) is 0 Å². The molecule has 0 aromatic rings. The van der Waals surface area contributed by atoms with E-state index in [1.165, 1.54) is 70.8 Å². The number of allylic oxidation sites excluding steroid dienone is 1. The molecular formula is C16H31N. The van der Waals surface area contributed by atoms with Crippen molar-refractivity contribution < 1.29 is 0 Å². The predicted molar refractivity (Wildman–Crippen MR) is 77.4 cm³/mol. The molecule has 0 aliphatic heterocycles. The first-order valence-electron chi connectivity index (χ1n) is 7.74. The number of hydrogen-bond acceptors (Lipinski definition) is 1. The zero-order valence-electron chi connectivity index (χ0n) is 11.9. The molecule has 17 heavy (non-hydrogen) atoms. The minimum atomic E-state index is 0.707. The summed E-state index contributed by atoms with van der Waals surface area (Å²) in [5, 5.41) is 3.66. The van der Waals surface area contributed by atoms with Gasteiger partial charge in [0.2, 0.25) is 0 Å². The van der Waals surface area contributed by atoms with E-state index in [0.717, 1.165) is 0 Å². The summed E-state index contributed by atoms with van der Waals surface area (Å²) in [6.45, 7) is 5.80. The Hall–Kier alpha value is -0.300. The van der Waals surface area contributed by atoms with Crippen LogP contribution in [-0.2, 0) is 0 Å². The minimum Gasteiger partial charge on any atom is -0.314 e. The molecular weight excluding hydrogens is 206 g/mol. The molecule has 0 amide bonds. The lowest BCUT2D eigenvalue weighted by Gasteiger charge is -2.13.